The molecule has 94 valence electrons. The summed E-state index contributed by atoms with van der Waals surface area (Å²) in [6.07, 6.45) is 2.18. The summed E-state index contributed by atoms with van der Waals surface area (Å²) in [6, 6.07) is 1.73. The highest BCUT2D eigenvalue weighted by Crippen LogP contribution is 2.45. The molecule has 5 heteroatoms. The molecule has 1 aliphatic heterocycles. The van der Waals surface area contributed by atoms with Gasteiger partial charge in [0, 0.05) is 17.5 Å². The van der Waals surface area contributed by atoms with E-state index in [-0.39, 0.29) is 5.41 Å². The van der Waals surface area contributed by atoms with E-state index in [1.165, 1.54) is 6.20 Å². The van der Waals surface area contributed by atoms with Gasteiger partial charge in [0.25, 0.3) is 0 Å². The lowest BCUT2D eigenvalue weighted by Crippen LogP contribution is -2.40. The second kappa shape index (κ2) is 4.34. The summed E-state index contributed by atoms with van der Waals surface area (Å²) in [5, 5.41) is 11.3. The lowest BCUT2D eigenvalue weighted by Gasteiger charge is -2.41. The Hall–Kier alpha value is -0.450. The maximum atomic E-state index is 10.8. The Balaban J connectivity index is 2.40. The Morgan fingerprint density at radius 2 is 2.18 bits per heavy atom. The van der Waals surface area contributed by atoms with Gasteiger partial charge in [0.1, 0.15) is 11.4 Å². The van der Waals surface area contributed by atoms with Crippen LogP contribution in [0, 0.1) is 5.41 Å². The number of nitrogens with two attached hydrogens (primary N) is 1. The topological polar surface area (TPSA) is 59.1 Å². The molecule has 1 fully saturated rings. The minimum Gasteiger partial charge on any atom is -0.384 e. The number of anilines is 1. The van der Waals surface area contributed by atoms with Crippen molar-refractivity contribution in [3.05, 3.63) is 22.8 Å². The van der Waals surface area contributed by atoms with E-state index >= 15 is 0 Å². The second-order valence-corrected chi connectivity index (χ2v) is 6.87. The molecule has 0 amide bonds. The van der Waals surface area contributed by atoms with E-state index in [1.54, 1.807) is 17.8 Å². The van der Waals surface area contributed by atoms with Gasteiger partial charge >= 0.3 is 0 Å². The maximum absolute atomic E-state index is 10.8. The standard InChI is InChI=1S/C12H17ClN2OS/c1-11(2)5-12(16,7-17-6-11)9-3-8(13)4-15-10(9)14/h3-4,16H,5-7H2,1-2H3,(H2,14,15). The predicted octanol–water partition coefficient (Wildman–Crippen LogP) is 2.67. The van der Waals surface area contributed by atoms with Crippen LogP contribution in [0.5, 0.6) is 0 Å². The highest BCUT2D eigenvalue weighted by atomic mass is 35.5. The molecule has 1 aliphatic rings. The van der Waals surface area contributed by atoms with Gasteiger partial charge in [-0.25, -0.2) is 4.98 Å². The molecule has 2 rings (SSSR count). The molecule has 1 unspecified atom stereocenters. The number of hydrogen-bond acceptors (Lipinski definition) is 4. The van der Waals surface area contributed by atoms with Crippen LogP contribution in [0.1, 0.15) is 25.8 Å². The van der Waals surface area contributed by atoms with Crippen molar-refractivity contribution in [3.8, 4) is 0 Å². The van der Waals surface area contributed by atoms with Crippen LogP contribution in [-0.4, -0.2) is 21.6 Å². The fourth-order valence-corrected chi connectivity index (χ4v) is 3.90. The Labute approximate surface area is 111 Å². The summed E-state index contributed by atoms with van der Waals surface area (Å²) in [5.74, 6) is 2.06. The summed E-state index contributed by atoms with van der Waals surface area (Å²) in [7, 11) is 0. The molecule has 3 N–H and O–H groups in total. The smallest absolute Gasteiger partial charge is 0.129 e. The van der Waals surface area contributed by atoms with E-state index in [9.17, 15) is 5.11 Å². The zero-order valence-electron chi connectivity index (χ0n) is 10.0. The first kappa shape index (κ1) is 13.0. The van der Waals surface area contributed by atoms with Crippen molar-refractivity contribution in [1.29, 1.82) is 0 Å². The second-order valence-electron chi connectivity index (χ2n) is 5.45. The fourth-order valence-electron chi connectivity index (χ4n) is 2.39. The normalized spacial score (nSPS) is 28.0. The van der Waals surface area contributed by atoms with E-state index in [0.717, 1.165) is 5.75 Å². The van der Waals surface area contributed by atoms with Gasteiger partial charge < -0.3 is 10.8 Å². The first-order valence-electron chi connectivity index (χ1n) is 5.54. The average Bonchev–Trinajstić information content (AvgIpc) is 2.19. The monoisotopic (exact) mass is 272 g/mol. The number of thioether (sulfide) groups is 1. The largest absolute Gasteiger partial charge is 0.384 e. The van der Waals surface area contributed by atoms with Crippen LogP contribution in [-0.2, 0) is 5.60 Å². The maximum Gasteiger partial charge on any atom is 0.129 e. The first-order chi connectivity index (χ1) is 7.82. The van der Waals surface area contributed by atoms with Gasteiger partial charge in [0.05, 0.1) is 5.02 Å². The van der Waals surface area contributed by atoms with E-state index in [4.69, 9.17) is 17.3 Å². The van der Waals surface area contributed by atoms with E-state index in [1.807, 2.05) is 0 Å². The van der Waals surface area contributed by atoms with Crippen LogP contribution in [0.3, 0.4) is 0 Å². The molecule has 1 atom stereocenters. The molecule has 17 heavy (non-hydrogen) atoms. The third kappa shape index (κ3) is 2.69. The van der Waals surface area contributed by atoms with Crippen LogP contribution in [0.4, 0.5) is 5.82 Å². The Morgan fingerprint density at radius 3 is 2.82 bits per heavy atom. The lowest BCUT2D eigenvalue weighted by molar-refractivity contribution is 0.0161. The van der Waals surface area contributed by atoms with Gasteiger partial charge in [-0.3, -0.25) is 0 Å². The summed E-state index contributed by atoms with van der Waals surface area (Å²) in [5.41, 5.74) is 5.68. The zero-order chi connectivity index (χ0) is 12.7. The molecule has 0 radical (unpaired) electrons. The number of nitrogen functional groups attached to an aromatic ring is 1. The highest BCUT2D eigenvalue weighted by Gasteiger charge is 2.41. The average molecular weight is 273 g/mol. The van der Waals surface area contributed by atoms with Crippen molar-refractivity contribution in [1.82, 2.24) is 4.98 Å². The van der Waals surface area contributed by atoms with Crippen molar-refractivity contribution >= 4 is 29.2 Å². The fraction of sp³-hybridized carbons (Fsp3) is 0.583. The van der Waals surface area contributed by atoms with Crippen LogP contribution in [0.15, 0.2) is 12.3 Å². The molecule has 0 spiro atoms. The summed E-state index contributed by atoms with van der Waals surface area (Å²) < 4.78 is 0. The summed E-state index contributed by atoms with van der Waals surface area (Å²) >= 11 is 7.67. The summed E-state index contributed by atoms with van der Waals surface area (Å²) in [6.45, 7) is 4.30. The molecule has 0 aromatic carbocycles. The van der Waals surface area contributed by atoms with Crippen LogP contribution < -0.4 is 5.73 Å². The highest BCUT2D eigenvalue weighted by molar-refractivity contribution is 7.99. The minimum atomic E-state index is -0.922. The van der Waals surface area contributed by atoms with Gasteiger partial charge in [-0.2, -0.15) is 11.8 Å². The molecule has 0 bridgehead atoms. The number of nitrogens with zero attached hydrogens (tertiary/aromatic N) is 1. The molecule has 0 aliphatic carbocycles. The zero-order valence-corrected chi connectivity index (χ0v) is 11.6. The minimum absolute atomic E-state index is 0.0897. The Bertz CT molecular complexity index is 439. The molecular formula is C12H17ClN2OS. The van der Waals surface area contributed by atoms with Crippen molar-refractivity contribution in [2.45, 2.75) is 25.9 Å². The number of aromatic nitrogens is 1. The van der Waals surface area contributed by atoms with Crippen LogP contribution in [0.2, 0.25) is 5.02 Å². The van der Waals surface area contributed by atoms with Gasteiger partial charge in [0.15, 0.2) is 0 Å². The number of halogens is 1. The van der Waals surface area contributed by atoms with Gasteiger partial charge in [-0.05, 0) is 23.7 Å². The van der Waals surface area contributed by atoms with Crippen LogP contribution in [0.25, 0.3) is 0 Å². The number of rotatable bonds is 1. The Morgan fingerprint density at radius 1 is 1.47 bits per heavy atom. The molecular weight excluding hydrogens is 256 g/mol. The first-order valence-corrected chi connectivity index (χ1v) is 7.07. The number of pyridine rings is 1. The molecule has 3 nitrogen and oxygen atoms in total. The van der Waals surface area contributed by atoms with Crippen molar-refractivity contribution in [3.63, 3.8) is 0 Å². The Kier molecular flexibility index (Phi) is 3.31. The third-order valence-corrected chi connectivity index (χ3v) is 4.87. The molecule has 1 aromatic heterocycles. The van der Waals surface area contributed by atoms with E-state index in [2.05, 4.69) is 18.8 Å². The van der Waals surface area contributed by atoms with Crippen molar-refractivity contribution in [2.75, 3.05) is 17.2 Å². The van der Waals surface area contributed by atoms with E-state index < -0.39 is 5.60 Å². The van der Waals surface area contributed by atoms with E-state index in [0.29, 0.717) is 28.6 Å². The summed E-state index contributed by atoms with van der Waals surface area (Å²) in [4.78, 5) is 4.02. The van der Waals surface area contributed by atoms with Crippen LogP contribution >= 0.6 is 23.4 Å². The van der Waals surface area contributed by atoms with Crippen molar-refractivity contribution in [2.24, 2.45) is 5.41 Å². The lowest BCUT2D eigenvalue weighted by atomic mass is 9.78. The van der Waals surface area contributed by atoms with Gasteiger partial charge in [-0.1, -0.05) is 25.4 Å². The SMILES string of the molecule is CC1(C)CSCC(O)(c2cc(Cl)cnc2N)C1. The molecule has 0 saturated carbocycles. The predicted molar refractivity (Wildman–Crippen MR) is 73.3 cm³/mol. The number of hydrogen-bond donors (Lipinski definition) is 2. The molecule has 1 aromatic rings. The van der Waals surface area contributed by atoms with Crippen molar-refractivity contribution < 1.29 is 5.11 Å². The number of aliphatic hydroxyl groups is 1. The third-order valence-electron chi connectivity index (χ3n) is 2.99. The molecule has 1 saturated heterocycles. The van der Waals surface area contributed by atoms with Gasteiger partial charge in [0.2, 0.25) is 0 Å². The molecule has 2 heterocycles. The quantitative estimate of drug-likeness (QED) is 0.825. The van der Waals surface area contributed by atoms with Gasteiger partial charge in [-0.15, -0.1) is 0 Å².